The van der Waals surface area contributed by atoms with E-state index in [2.05, 4.69) is 15.7 Å². The number of anilines is 2. The van der Waals surface area contributed by atoms with Gasteiger partial charge in [0, 0.05) is 11.9 Å². The van der Waals surface area contributed by atoms with E-state index in [-0.39, 0.29) is 24.0 Å². The first-order valence-electron chi connectivity index (χ1n) is 12.8. The molecular formula is C31H32N4O5. The number of hydrogen-bond donors (Lipinski definition) is 2. The Morgan fingerprint density at radius 1 is 0.950 bits per heavy atom. The maximum atomic E-state index is 13.3. The maximum Gasteiger partial charge on any atom is 0.323 e. The number of aryl methyl sites for hydroxylation is 1. The molecule has 0 aliphatic rings. The van der Waals surface area contributed by atoms with Gasteiger partial charge in [-0.05, 0) is 59.4 Å². The zero-order valence-corrected chi connectivity index (χ0v) is 22.9. The van der Waals surface area contributed by atoms with E-state index in [0.29, 0.717) is 34.7 Å². The molecule has 0 saturated carbocycles. The number of benzene rings is 3. The molecule has 0 saturated heterocycles. The van der Waals surface area contributed by atoms with Crippen LogP contribution in [-0.2, 0) is 16.1 Å². The van der Waals surface area contributed by atoms with E-state index in [0.717, 1.165) is 16.7 Å². The highest BCUT2D eigenvalue weighted by atomic mass is 16.5. The van der Waals surface area contributed by atoms with Crippen molar-refractivity contribution in [2.75, 3.05) is 24.9 Å². The van der Waals surface area contributed by atoms with Gasteiger partial charge in [-0.1, -0.05) is 55.5 Å². The molecule has 2 amide bonds. The van der Waals surface area contributed by atoms with E-state index in [1.54, 1.807) is 30.5 Å². The average Bonchev–Trinajstić information content (AvgIpc) is 2.96. The molecule has 0 fully saturated rings. The summed E-state index contributed by atoms with van der Waals surface area (Å²) in [5, 5.41) is 9.89. The number of methoxy groups -OCH3 is 2. The molecule has 0 bridgehead atoms. The number of carbonyl (C=O) groups is 2. The fourth-order valence-corrected chi connectivity index (χ4v) is 4.31. The molecule has 2 N–H and O–H groups in total. The normalized spacial score (nSPS) is 11.4. The lowest BCUT2D eigenvalue weighted by atomic mass is 9.97. The molecule has 1 aromatic heterocycles. The van der Waals surface area contributed by atoms with Crippen molar-refractivity contribution in [3.05, 3.63) is 106 Å². The highest BCUT2D eigenvalue weighted by Crippen LogP contribution is 2.30. The van der Waals surface area contributed by atoms with Crippen molar-refractivity contribution >= 4 is 23.4 Å². The van der Waals surface area contributed by atoms with Crippen molar-refractivity contribution < 1.29 is 19.1 Å². The van der Waals surface area contributed by atoms with Crippen molar-refractivity contribution in [3.63, 3.8) is 0 Å². The first-order valence-corrected chi connectivity index (χ1v) is 12.8. The fraction of sp³-hybridized carbons (Fsp3) is 0.226. The maximum absolute atomic E-state index is 13.3. The summed E-state index contributed by atoms with van der Waals surface area (Å²) in [4.78, 5) is 37.5. The van der Waals surface area contributed by atoms with Gasteiger partial charge in [0.2, 0.25) is 0 Å². The second-order valence-corrected chi connectivity index (χ2v) is 9.44. The standard InChI is InChI=1S/C31H32N4O5/c1-20-7-5-6-8-26(20)33-31(38)34-27-14-13-24(18-28(27)39-3)25-15-16-32-35(30(25)37)19-22-9-11-23(12-10-22)21(2)17-29(36)40-4/h5-16,18,21H,17,19H2,1-4H3,(H2,33,34,38). The Balaban J connectivity index is 1.50. The van der Waals surface area contributed by atoms with Crippen molar-refractivity contribution in [1.29, 1.82) is 0 Å². The second-order valence-electron chi connectivity index (χ2n) is 9.44. The lowest BCUT2D eigenvalue weighted by Crippen LogP contribution is -2.24. The van der Waals surface area contributed by atoms with Crippen LogP contribution in [-0.4, -0.2) is 36.0 Å². The molecule has 1 heterocycles. The number of esters is 1. The number of hydrogen-bond acceptors (Lipinski definition) is 6. The zero-order valence-electron chi connectivity index (χ0n) is 22.9. The lowest BCUT2D eigenvalue weighted by Gasteiger charge is -2.14. The average molecular weight is 541 g/mol. The molecule has 0 radical (unpaired) electrons. The summed E-state index contributed by atoms with van der Waals surface area (Å²) >= 11 is 0. The third-order valence-corrected chi connectivity index (χ3v) is 6.65. The van der Waals surface area contributed by atoms with E-state index in [4.69, 9.17) is 9.47 Å². The van der Waals surface area contributed by atoms with Crippen LogP contribution in [0.25, 0.3) is 11.1 Å². The van der Waals surface area contributed by atoms with Gasteiger partial charge in [0.25, 0.3) is 5.56 Å². The van der Waals surface area contributed by atoms with Crippen molar-refractivity contribution in [3.8, 4) is 16.9 Å². The molecule has 3 aromatic carbocycles. The Morgan fingerprint density at radius 3 is 2.38 bits per heavy atom. The fourth-order valence-electron chi connectivity index (χ4n) is 4.31. The molecule has 1 atom stereocenters. The molecular weight excluding hydrogens is 508 g/mol. The number of aromatic nitrogens is 2. The highest BCUT2D eigenvalue weighted by molar-refractivity contribution is 6.01. The molecule has 0 aliphatic carbocycles. The number of urea groups is 1. The van der Waals surface area contributed by atoms with E-state index >= 15 is 0 Å². The smallest absolute Gasteiger partial charge is 0.323 e. The van der Waals surface area contributed by atoms with Crippen LogP contribution >= 0.6 is 0 Å². The number of ether oxygens (including phenoxy) is 2. The van der Waals surface area contributed by atoms with Gasteiger partial charge in [-0.15, -0.1) is 0 Å². The summed E-state index contributed by atoms with van der Waals surface area (Å²) in [6.07, 6.45) is 1.88. The number of rotatable bonds is 9. The van der Waals surface area contributed by atoms with Gasteiger partial charge in [0.15, 0.2) is 0 Å². The predicted octanol–water partition coefficient (Wildman–Crippen LogP) is 5.59. The predicted molar refractivity (Wildman–Crippen MR) is 155 cm³/mol. The van der Waals surface area contributed by atoms with Crippen molar-refractivity contribution in [2.45, 2.75) is 32.7 Å². The van der Waals surface area contributed by atoms with Crippen LogP contribution in [0.5, 0.6) is 5.75 Å². The highest BCUT2D eigenvalue weighted by Gasteiger charge is 2.14. The minimum atomic E-state index is -0.405. The number of carbonyl (C=O) groups excluding carboxylic acids is 2. The van der Waals surface area contributed by atoms with Crippen LogP contribution in [0.15, 0.2) is 83.8 Å². The van der Waals surface area contributed by atoms with Gasteiger partial charge >= 0.3 is 12.0 Å². The van der Waals surface area contributed by atoms with Gasteiger partial charge in [0.05, 0.1) is 38.4 Å². The molecule has 0 spiro atoms. The largest absolute Gasteiger partial charge is 0.495 e. The minimum Gasteiger partial charge on any atom is -0.495 e. The van der Waals surface area contributed by atoms with Crippen LogP contribution in [0, 0.1) is 6.92 Å². The van der Waals surface area contributed by atoms with Crippen LogP contribution in [0.2, 0.25) is 0 Å². The first-order chi connectivity index (χ1) is 19.3. The molecule has 40 heavy (non-hydrogen) atoms. The van der Waals surface area contributed by atoms with Gasteiger partial charge in [-0.3, -0.25) is 9.59 Å². The van der Waals surface area contributed by atoms with Gasteiger partial charge in [0.1, 0.15) is 5.75 Å². The quantitative estimate of drug-likeness (QED) is 0.268. The number of nitrogens with zero attached hydrogens (tertiary/aromatic N) is 2. The van der Waals surface area contributed by atoms with Crippen molar-refractivity contribution in [2.24, 2.45) is 0 Å². The van der Waals surface area contributed by atoms with Crippen LogP contribution in [0.4, 0.5) is 16.2 Å². The molecule has 1 unspecified atom stereocenters. The third kappa shape index (κ3) is 6.74. The van der Waals surface area contributed by atoms with Crippen LogP contribution in [0.3, 0.4) is 0 Å². The first kappa shape index (κ1) is 28.1. The molecule has 4 aromatic rings. The third-order valence-electron chi connectivity index (χ3n) is 6.65. The van der Waals surface area contributed by atoms with E-state index in [9.17, 15) is 14.4 Å². The van der Waals surface area contributed by atoms with E-state index < -0.39 is 6.03 Å². The Hall–Kier alpha value is -4.92. The summed E-state index contributed by atoms with van der Waals surface area (Å²) in [7, 11) is 2.88. The van der Waals surface area contributed by atoms with Gasteiger partial charge < -0.3 is 20.1 Å². The van der Waals surface area contributed by atoms with Gasteiger partial charge in [-0.2, -0.15) is 5.10 Å². The molecule has 0 aliphatic heterocycles. The summed E-state index contributed by atoms with van der Waals surface area (Å²) in [6, 6.07) is 21.6. The summed E-state index contributed by atoms with van der Waals surface area (Å²) in [5.74, 6) is 0.179. The number of para-hydroxylation sites is 1. The number of nitrogens with one attached hydrogen (secondary N) is 2. The molecule has 9 nitrogen and oxygen atoms in total. The Kier molecular flexibility index (Phi) is 8.96. The molecule has 206 valence electrons. The zero-order chi connectivity index (χ0) is 28.6. The molecule has 4 rings (SSSR count). The number of amides is 2. The van der Waals surface area contributed by atoms with Crippen LogP contribution in [0.1, 0.15) is 36.0 Å². The lowest BCUT2D eigenvalue weighted by molar-refractivity contribution is -0.140. The van der Waals surface area contributed by atoms with Gasteiger partial charge in [-0.25, -0.2) is 9.48 Å². The van der Waals surface area contributed by atoms with E-state index in [1.807, 2.05) is 62.4 Å². The van der Waals surface area contributed by atoms with Crippen molar-refractivity contribution in [1.82, 2.24) is 9.78 Å². The molecule has 9 heteroatoms. The Morgan fingerprint density at radius 2 is 1.68 bits per heavy atom. The Labute approximate surface area is 232 Å². The monoisotopic (exact) mass is 540 g/mol. The summed E-state index contributed by atoms with van der Waals surface area (Å²) < 4.78 is 11.7. The van der Waals surface area contributed by atoms with E-state index in [1.165, 1.54) is 18.9 Å². The van der Waals surface area contributed by atoms with Crippen LogP contribution < -0.4 is 20.9 Å². The summed E-state index contributed by atoms with van der Waals surface area (Å²) in [5.41, 5.74) is 4.85. The SMILES string of the molecule is COC(=O)CC(C)c1ccc(Cn2nccc(-c3ccc(NC(=O)Nc4ccccc4C)c(OC)c3)c2=O)cc1. The summed E-state index contributed by atoms with van der Waals surface area (Å²) in [6.45, 7) is 4.16. The second kappa shape index (κ2) is 12.8. The Bertz CT molecular complexity index is 1560. The topological polar surface area (TPSA) is 112 Å². The minimum absolute atomic E-state index is 0.0200.